The third-order valence-electron chi connectivity index (χ3n) is 1.09. The largest absolute Gasteiger partial charge is 0.264 e. The van der Waals surface area contributed by atoms with E-state index in [0.29, 0.717) is 5.75 Å². The van der Waals surface area contributed by atoms with Crippen molar-refractivity contribution in [2.45, 2.75) is 0 Å². The molecule has 10 heavy (non-hydrogen) atoms. The van der Waals surface area contributed by atoms with E-state index in [4.69, 9.17) is 12.6 Å². The summed E-state index contributed by atoms with van der Waals surface area (Å²) in [6.07, 6.45) is 7.47. The SMILES string of the molecule is [S]C/C=C/c1cccnc1. The molecule has 1 aromatic rings. The van der Waals surface area contributed by atoms with Crippen LogP contribution in [0.1, 0.15) is 5.56 Å². The molecule has 2 heteroatoms. The Morgan fingerprint density at radius 3 is 3.10 bits per heavy atom. The monoisotopic (exact) mass is 150 g/mol. The lowest BCUT2D eigenvalue weighted by molar-refractivity contribution is 1.32. The molecule has 1 nitrogen and oxygen atoms in total. The predicted molar refractivity (Wildman–Crippen MR) is 45.7 cm³/mol. The Kier molecular flexibility index (Phi) is 3.03. The van der Waals surface area contributed by atoms with Crippen molar-refractivity contribution in [1.82, 2.24) is 4.98 Å². The number of aromatic nitrogens is 1. The van der Waals surface area contributed by atoms with E-state index in [9.17, 15) is 0 Å². The summed E-state index contributed by atoms with van der Waals surface area (Å²) < 4.78 is 0. The Balaban J connectivity index is 2.67. The molecule has 1 aromatic heterocycles. The number of pyridine rings is 1. The second kappa shape index (κ2) is 4.12. The minimum absolute atomic E-state index is 0.662. The summed E-state index contributed by atoms with van der Waals surface area (Å²) in [6.45, 7) is 0. The zero-order valence-electron chi connectivity index (χ0n) is 5.53. The van der Waals surface area contributed by atoms with Crippen molar-refractivity contribution >= 4 is 18.7 Å². The number of nitrogens with zero attached hydrogens (tertiary/aromatic N) is 1. The molecule has 0 spiro atoms. The molecule has 0 amide bonds. The molecule has 0 unspecified atom stereocenters. The molecular weight excluding hydrogens is 142 g/mol. The first kappa shape index (κ1) is 7.35. The summed E-state index contributed by atoms with van der Waals surface area (Å²) in [5, 5.41) is 0. The van der Waals surface area contributed by atoms with Gasteiger partial charge in [-0.05, 0) is 11.6 Å². The highest BCUT2D eigenvalue weighted by Gasteiger charge is 1.80. The van der Waals surface area contributed by atoms with E-state index in [1.54, 1.807) is 6.20 Å². The van der Waals surface area contributed by atoms with Gasteiger partial charge in [0.25, 0.3) is 0 Å². The van der Waals surface area contributed by atoms with Gasteiger partial charge < -0.3 is 0 Å². The van der Waals surface area contributed by atoms with Crippen molar-refractivity contribution in [3.8, 4) is 0 Å². The van der Waals surface area contributed by atoms with Crippen LogP contribution in [-0.4, -0.2) is 10.7 Å². The average molecular weight is 150 g/mol. The maximum Gasteiger partial charge on any atom is 0.0340 e. The van der Waals surface area contributed by atoms with Crippen LogP contribution in [0.5, 0.6) is 0 Å². The number of hydrogen-bond donors (Lipinski definition) is 0. The summed E-state index contributed by atoms with van der Waals surface area (Å²) in [4.78, 5) is 3.95. The summed E-state index contributed by atoms with van der Waals surface area (Å²) in [6, 6.07) is 3.90. The van der Waals surface area contributed by atoms with E-state index >= 15 is 0 Å². The summed E-state index contributed by atoms with van der Waals surface area (Å²) in [5.74, 6) is 0.662. The van der Waals surface area contributed by atoms with Crippen molar-refractivity contribution in [3.63, 3.8) is 0 Å². The second-order valence-electron chi connectivity index (χ2n) is 1.86. The van der Waals surface area contributed by atoms with Gasteiger partial charge in [-0.25, -0.2) is 0 Å². The highest BCUT2D eigenvalue weighted by Crippen LogP contribution is 1.97. The van der Waals surface area contributed by atoms with Crippen LogP contribution in [0, 0.1) is 0 Å². The lowest BCUT2D eigenvalue weighted by atomic mass is 10.3. The normalized spacial score (nSPS) is 10.5. The zero-order valence-corrected chi connectivity index (χ0v) is 6.34. The van der Waals surface area contributed by atoms with Crippen molar-refractivity contribution in [3.05, 3.63) is 36.2 Å². The van der Waals surface area contributed by atoms with Gasteiger partial charge in [0, 0.05) is 18.1 Å². The first-order valence-corrected chi connectivity index (χ1v) is 3.66. The van der Waals surface area contributed by atoms with Crippen LogP contribution in [0.4, 0.5) is 0 Å². The average Bonchev–Trinajstić information content (AvgIpc) is 2.03. The first-order valence-electron chi connectivity index (χ1n) is 3.08. The van der Waals surface area contributed by atoms with Crippen LogP contribution in [-0.2, 0) is 0 Å². The minimum atomic E-state index is 0.662. The molecule has 0 N–H and O–H groups in total. The Bertz CT molecular complexity index is 206. The van der Waals surface area contributed by atoms with Gasteiger partial charge in [0.1, 0.15) is 0 Å². The van der Waals surface area contributed by atoms with Gasteiger partial charge in [-0.15, -0.1) is 0 Å². The van der Waals surface area contributed by atoms with Crippen molar-refractivity contribution in [2.24, 2.45) is 0 Å². The third kappa shape index (κ3) is 2.23. The predicted octanol–water partition coefficient (Wildman–Crippen LogP) is 2.29. The Labute approximate surface area is 66.2 Å². The van der Waals surface area contributed by atoms with Crippen LogP contribution in [0.2, 0.25) is 0 Å². The number of hydrogen-bond acceptors (Lipinski definition) is 1. The fourth-order valence-electron chi connectivity index (χ4n) is 0.659. The molecule has 0 saturated carbocycles. The molecule has 0 saturated heterocycles. The maximum absolute atomic E-state index is 4.74. The topological polar surface area (TPSA) is 12.9 Å². The molecule has 0 atom stereocenters. The molecule has 1 heterocycles. The number of rotatable bonds is 2. The molecule has 1 radical (unpaired) electrons. The molecule has 0 aliphatic carbocycles. The van der Waals surface area contributed by atoms with Gasteiger partial charge in [-0.3, -0.25) is 4.98 Å². The molecule has 51 valence electrons. The van der Waals surface area contributed by atoms with Gasteiger partial charge in [0.2, 0.25) is 0 Å². The Morgan fingerprint density at radius 1 is 1.60 bits per heavy atom. The summed E-state index contributed by atoms with van der Waals surface area (Å²) in [5.41, 5.74) is 1.10. The summed E-state index contributed by atoms with van der Waals surface area (Å²) >= 11 is 4.74. The van der Waals surface area contributed by atoms with E-state index in [1.165, 1.54) is 0 Å². The van der Waals surface area contributed by atoms with E-state index in [1.807, 2.05) is 30.5 Å². The standard InChI is InChI=1S/C8H8NS/c10-6-2-4-8-3-1-5-9-7-8/h1-5,7H,6H2/b4-2+. The van der Waals surface area contributed by atoms with Crippen molar-refractivity contribution in [1.29, 1.82) is 0 Å². The van der Waals surface area contributed by atoms with Crippen LogP contribution >= 0.6 is 12.6 Å². The summed E-state index contributed by atoms with van der Waals surface area (Å²) in [7, 11) is 0. The molecule has 0 aromatic carbocycles. The highest BCUT2D eigenvalue weighted by molar-refractivity contribution is 7.80. The molecule has 0 aliphatic heterocycles. The fraction of sp³-hybridized carbons (Fsp3) is 0.125. The van der Waals surface area contributed by atoms with Gasteiger partial charge >= 0.3 is 0 Å². The molecule has 1 rings (SSSR count). The smallest absolute Gasteiger partial charge is 0.0340 e. The molecule has 0 bridgehead atoms. The van der Waals surface area contributed by atoms with Gasteiger partial charge in [0.05, 0.1) is 0 Å². The minimum Gasteiger partial charge on any atom is -0.264 e. The van der Waals surface area contributed by atoms with E-state index in [-0.39, 0.29) is 0 Å². The van der Waals surface area contributed by atoms with Crippen LogP contribution in [0.25, 0.3) is 6.08 Å². The second-order valence-corrected chi connectivity index (χ2v) is 2.19. The van der Waals surface area contributed by atoms with Crippen molar-refractivity contribution in [2.75, 3.05) is 5.75 Å². The fourth-order valence-corrected chi connectivity index (χ4v) is 0.755. The van der Waals surface area contributed by atoms with E-state index < -0.39 is 0 Å². The molecule has 0 aliphatic rings. The molecular formula is C8H8NS. The maximum atomic E-state index is 4.74. The van der Waals surface area contributed by atoms with Gasteiger partial charge in [-0.2, -0.15) is 0 Å². The van der Waals surface area contributed by atoms with Gasteiger partial charge in [0.15, 0.2) is 0 Å². The van der Waals surface area contributed by atoms with Crippen LogP contribution in [0.3, 0.4) is 0 Å². The Morgan fingerprint density at radius 2 is 2.50 bits per heavy atom. The van der Waals surface area contributed by atoms with Crippen LogP contribution < -0.4 is 0 Å². The van der Waals surface area contributed by atoms with Crippen LogP contribution in [0.15, 0.2) is 30.6 Å². The van der Waals surface area contributed by atoms with E-state index in [2.05, 4.69) is 4.98 Å². The molecule has 0 fully saturated rings. The Hall–Kier alpha value is -0.760. The quantitative estimate of drug-likeness (QED) is 0.630. The van der Waals surface area contributed by atoms with Crippen molar-refractivity contribution < 1.29 is 0 Å². The third-order valence-corrected chi connectivity index (χ3v) is 1.28. The zero-order chi connectivity index (χ0) is 7.23. The highest BCUT2D eigenvalue weighted by atomic mass is 32.1. The lowest BCUT2D eigenvalue weighted by Gasteiger charge is -1.87. The first-order chi connectivity index (χ1) is 4.93. The lowest BCUT2D eigenvalue weighted by Crippen LogP contribution is -1.72. The van der Waals surface area contributed by atoms with Gasteiger partial charge in [-0.1, -0.05) is 30.8 Å². The van der Waals surface area contributed by atoms with E-state index in [0.717, 1.165) is 5.56 Å².